The third-order valence-corrected chi connectivity index (χ3v) is 7.25. The van der Waals surface area contributed by atoms with Crippen LogP contribution >= 0.6 is 11.6 Å². The molecule has 1 aliphatic heterocycles. The second-order valence-electron chi connectivity index (χ2n) is 9.11. The van der Waals surface area contributed by atoms with E-state index in [1.54, 1.807) is 13.0 Å². The van der Waals surface area contributed by atoms with E-state index in [1.807, 2.05) is 17.0 Å². The Bertz CT molecular complexity index is 1410. The van der Waals surface area contributed by atoms with E-state index in [9.17, 15) is 14.7 Å². The maximum absolute atomic E-state index is 13.2. The Balaban J connectivity index is 1.33. The van der Waals surface area contributed by atoms with Crippen molar-refractivity contribution in [1.29, 1.82) is 0 Å². The summed E-state index contributed by atoms with van der Waals surface area (Å²) in [7, 11) is 0. The topological polar surface area (TPSA) is 74.0 Å². The average Bonchev–Trinajstić information content (AvgIpc) is 2.90. The van der Waals surface area contributed by atoms with Gasteiger partial charge in [0.1, 0.15) is 11.3 Å². The molecular weight excluding hydrogens is 476 g/mol. The second-order valence-corrected chi connectivity index (χ2v) is 9.52. The first-order valence-electron chi connectivity index (χ1n) is 12.0. The summed E-state index contributed by atoms with van der Waals surface area (Å²) in [6, 6.07) is 23.8. The van der Waals surface area contributed by atoms with Gasteiger partial charge >= 0.3 is 5.63 Å². The van der Waals surface area contributed by atoms with E-state index in [2.05, 4.69) is 53.4 Å². The lowest BCUT2D eigenvalue weighted by Gasteiger charge is -2.40. The quantitative estimate of drug-likeness (QED) is 0.391. The number of piperazine rings is 1. The minimum atomic E-state index is -0.568. The van der Waals surface area contributed by atoms with Crippen molar-refractivity contribution in [2.45, 2.75) is 19.4 Å². The lowest BCUT2D eigenvalue weighted by atomic mass is 9.96. The second kappa shape index (κ2) is 10.2. The number of benzene rings is 3. The van der Waals surface area contributed by atoms with Crippen molar-refractivity contribution in [3.05, 3.63) is 110 Å². The van der Waals surface area contributed by atoms with Gasteiger partial charge in [-0.3, -0.25) is 9.69 Å². The zero-order chi connectivity index (χ0) is 25.2. The third-order valence-electron chi connectivity index (χ3n) is 6.95. The van der Waals surface area contributed by atoms with Gasteiger partial charge in [-0.25, -0.2) is 4.79 Å². The Morgan fingerprint density at radius 3 is 2.14 bits per heavy atom. The van der Waals surface area contributed by atoms with Crippen LogP contribution in [-0.4, -0.2) is 47.0 Å². The number of aryl methyl sites for hydroxylation is 1. The van der Waals surface area contributed by atoms with Gasteiger partial charge in [-0.15, -0.1) is 0 Å². The molecule has 36 heavy (non-hydrogen) atoms. The molecule has 0 spiro atoms. The summed E-state index contributed by atoms with van der Waals surface area (Å²) in [4.78, 5) is 30.1. The number of amides is 1. The van der Waals surface area contributed by atoms with Crippen LogP contribution in [-0.2, 0) is 11.2 Å². The molecule has 0 atom stereocenters. The molecule has 0 radical (unpaired) electrons. The normalized spacial score (nSPS) is 14.5. The Morgan fingerprint density at radius 1 is 0.972 bits per heavy atom. The molecule has 6 nitrogen and oxygen atoms in total. The van der Waals surface area contributed by atoms with Crippen LogP contribution < -0.4 is 5.63 Å². The molecule has 5 rings (SSSR count). The SMILES string of the molecule is Cc1c(CC(=O)N2CCN(C(c3ccccc3)c3ccccc3)CC2)c(=O)oc2cc(O)c(Cl)cc12. The Kier molecular flexibility index (Phi) is 6.81. The minimum Gasteiger partial charge on any atom is -0.506 e. The number of hydrogen-bond acceptors (Lipinski definition) is 5. The van der Waals surface area contributed by atoms with E-state index in [0.29, 0.717) is 29.6 Å². The highest BCUT2D eigenvalue weighted by molar-refractivity contribution is 6.32. The summed E-state index contributed by atoms with van der Waals surface area (Å²) < 4.78 is 5.39. The van der Waals surface area contributed by atoms with Crippen LogP contribution in [0, 0.1) is 6.92 Å². The predicted molar refractivity (Wildman–Crippen MR) is 140 cm³/mol. The van der Waals surface area contributed by atoms with Crippen LogP contribution in [0.5, 0.6) is 5.75 Å². The molecule has 1 saturated heterocycles. The molecule has 184 valence electrons. The molecule has 2 heterocycles. The lowest BCUT2D eigenvalue weighted by molar-refractivity contribution is -0.132. The molecule has 0 bridgehead atoms. The van der Waals surface area contributed by atoms with E-state index >= 15 is 0 Å². The van der Waals surface area contributed by atoms with Gasteiger partial charge in [-0.2, -0.15) is 0 Å². The van der Waals surface area contributed by atoms with E-state index < -0.39 is 5.63 Å². The van der Waals surface area contributed by atoms with Gasteiger partial charge in [0.15, 0.2) is 0 Å². The Morgan fingerprint density at radius 2 is 1.56 bits per heavy atom. The van der Waals surface area contributed by atoms with E-state index in [1.165, 1.54) is 17.2 Å². The first-order valence-corrected chi connectivity index (χ1v) is 12.4. The van der Waals surface area contributed by atoms with Gasteiger partial charge in [0.25, 0.3) is 0 Å². The number of hydrogen-bond donors (Lipinski definition) is 1. The van der Waals surface area contributed by atoms with E-state index in [4.69, 9.17) is 16.0 Å². The molecule has 7 heteroatoms. The van der Waals surface area contributed by atoms with Crippen LogP contribution in [0.15, 0.2) is 82.0 Å². The summed E-state index contributed by atoms with van der Waals surface area (Å²) in [6.45, 7) is 4.37. The fraction of sp³-hybridized carbons (Fsp3) is 0.241. The van der Waals surface area contributed by atoms with E-state index in [0.717, 1.165) is 13.1 Å². The summed E-state index contributed by atoms with van der Waals surface area (Å²) in [5.74, 6) is -0.261. The van der Waals surface area contributed by atoms with Crippen molar-refractivity contribution in [2.75, 3.05) is 26.2 Å². The number of phenols is 1. The third kappa shape index (κ3) is 4.74. The van der Waals surface area contributed by atoms with Crippen molar-refractivity contribution >= 4 is 28.5 Å². The maximum atomic E-state index is 13.2. The fourth-order valence-corrected chi connectivity index (χ4v) is 5.14. The van der Waals surface area contributed by atoms with Crippen LogP contribution in [0.1, 0.15) is 28.3 Å². The van der Waals surface area contributed by atoms with Gasteiger partial charge in [0.2, 0.25) is 5.91 Å². The van der Waals surface area contributed by atoms with Crippen LogP contribution in [0.3, 0.4) is 0 Å². The standard InChI is InChI=1S/C29H27ClN2O4/c1-19-22-16-24(30)25(33)18-26(22)36-29(35)23(19)17-27(34)31-12-14-32(15-13-31)28(20-8-4-2-5-9-20)21-10-6-3-7-11-21/h2-11,16,18,28,33H,12-15,17H2,1H3. The summed E-state index contributed by atoms with van der Waals surface area (Å²) in [5, 5.41) is 10.6. The number of fused-ring (bicyclic) bond motifs is 1. The molecule has 1 N–H and O–H groups in total. The van der Waals surface area contributed by atoms with Gasteiger partial charge in [0, 0.05) is 37.6 Å². The number of nitrogens with zero attached hydrogens (tertiary/aromatic N) is 2. The Labute approximate surface area is 214 Å². The number of carbonyl (C=O) groups excluding carboxylic acids is 1. The lowest BCUT2D eigenvalue weighted by Crippen LogP contribution is -2.50. The highest BCUT2D eigenvalue weighted by atomic mass is 35.5. The molecule has 0 saturated carbocycles. The number of halogens is 1. The average molecular weight is 503 g/mol. The number of carbonyl (C=O) groups is 1. The van der Waals surface area contributed by atoms with Crippen molar-refractivity contribution < 1.29 is 14.3 Å². The number of rotatable bonds is 5. The first kappa shape index (κ1) is 24.1. The fourth-order valence-electron chi connectivity index (χ4n) is 4.98. The minimum absolute atomic E-state index is 0.0383. The highest BCUT2D eigenvalue weighted by Gasteiger charge is 2.29. The molecule has 3 aromatic carbocycles. The molecular formula is C29H27ClN2O4. The van der Waals surface area contributed by atoms with Gasteiger partial charge in [0.05, 0.1) is 23.0 Å². The van der Waals surface area contributed by atoms with Crippen LogP contribution in [0.25, 0.3) is 11.0 Å². The van der Waals surface area contributed by atoms with Crippen molar-refractivity contribution in [3.63, 3.8) is 0 Å². The molecule has 1 amide bonds. The Hall–Kier alpha value is -3.61. The first-order chi connectivity index (χ1) is 17.4. The number of aromatic hydroxyl groups is 1. The van der Waals surface area contributed by atoms with Crippen molar-refractivity contribution in [1.82, 2.24) is 9.80 Å². The summed E-state index contributed by atoms with van der Waals surface area (Å²) >= 11 is 6.06. The van der Waals surface area contributed by atoms with E-state index in [-0.39, 0.29) is 34.7 Å². The predicted octanol–water partition coefficient (Wildman–Crippen LogP) is 4.94. The summed E-state index contributed by atoms with van der Waals surface area (Å²) in [6.07, 6.45) is -0.0383. The summed E-state index contributed by atoms with van der Waals surface area (Å²) in [5.41, 5.74) is 3.08. The largest absolute Gasteiger partial charge is 0.506 e. The molecule has 0 aliphatic carbocycles. The molecule has 0 unspecified atom stereocenters. The zero-order valence-electron chi connectivity index (χ0n) is 20.0. The van der Waals surface area contributed by atoms with Gasteiger partial charge in [-0.1, -0.05) is 72.3 Å². The molecule has 1 aliphatic rings. The smallest absolute Gasteiger partial charge is 0.340 e. The zero-order valence-corrected chi connectivity index (χ0v) is 20.7. The monoisotopic (exact) mass is 502 g/mol. The van der Waals surface area contributed by atoms with Gasteiger partial charge in [-0.05, 0) is 29.7 Å². The molecule has 4 aromatic rings. The molecule has 1 aromatic heterocycles. The van der Waals surface area contributed by atoms with Crippen LogP contribution in [0.4, 0.5) is 0 Å². The highest BCUT2D eigenvalue weighted by Crippen LogP contribution is 2.32. The van der Waals surface area contributed by atoms with Crippen molar-refractivity contribution in [3.8, 4) is 5.75 Å². The van der Waals surface area contributed by atoms with Gasteiger partial charge < -0.3 is 14.4 Å². The number of phenolic OH excluding ortho intramolecular Hbond substituents is 1. The van der Waals surface area contributed by atoms with Crippen molar-refractivity contribution in [2.24, 2.45) is 0 Å². The molecule has 1 fully saturated rings. The maximum Gasteiger partial charge on any atom is 0.340 e. The van der Waals surface area contributed by atoms with Crippen LogP contribution in [0.2, 0.25) is 5.02 Å².